The molecule has 0 spiro atoms. The van der Waals surface area contributed by atoms with Crippen LogP contribution in [0.25, 0.3) is 0 Å². The molecule has 2 fully saturated rings. The Morgan fingerprint density at radius 3 is 2.60 bits per heavy atom. The van der Waals surface area contributed by atoms with Crippen LogP contribution in [0.2, 0.25) is 0 Å². The summed E-state index contributed by atoms with van der Waals surface area (Å²) in [5, 5.41) is 3.57. The van der Waals surface area contributed by atoms with E-state index >= 15 is 0 Å². The maximum absolute atomic E-state index is 5.82. The Morgan fingerprint density at radius 1 is 1.30 bits per heavy atom. The summed E-state index contributed by atoms with van der Waals surface area (Å²) in [4.78, 5) is 2.70. The summed E-state index contributed by atoms with van der Waals surface area (Å²) in [5.74, 6) is 1.80. The van der Waals surface area contributed by atoms with Gasteiger partial charge in [0.05, 0.1) is 6.61 Å². The minimum Gasteiger partial charge on any atom is -0.381 e. The molecule has 2 saturated heterocycles. The quantitative estimate of drug-likeness (QED) is 0.811. The molecule has 0 aromatic rings. The lowest BCUT2D eigenvalue weighted by Crippen LogP contribution is -2.50. The fourth-order valence-electron chi connectivity index (χ4n) is 3.87. The van der Waals surface area contributed by atoms with Gasteiger partial charge in [0.2, 0.25) is 0 Å². The molecule has 2 aliphatic heterocycles. The minimum atomic E-state index is 0.360. The average molecular weight is 282 g/mol. The number of hydrogen-bond donors (Lipinski definition) is 1. The molecule has 0 radical (unpaired) electrons. The molecule has 3 nitrogen and oxygen atoms in total. The topological polar surface area (TPSA) is 24.5 Å². The zero-order valence-corrected chi connectivity index (χ0v) is 13.8. The molecular weight excluding hydrogens is 248 g/mol. The first kappa shape index (κ1) is 16.3. The van der Waals surface area contributed by atoms with Crippen molar-refractivity contribution < 1.29 is 4.74 Å². The molecule has 1 atom stereocenters. The predicted molar refractivity (Wildman–Crippen MR) is 85.0 cm³/mol. The van der Waals surface area contributed by atoms with E-state index in [1.807, 2.05) is 0 Å². The molecule has 20 heavy (non-hydrogen) atoms. The van der Waals surface area contributed by atoms with E-state index < -0.39 is 0 Å². The normalized spacial score (nSPS) is 30.0. The Bertz CT molecular complexity index is 266. The van der Waals surface area contributed by atoms with Gasteiger partial charge in [0.25, 0.3) is 0 Å². The monoisotopic (exact) mass is 282 g/mol. The molecule has 3 heteroatoms. The smallest absolute Gasteiger partial charge is 0.0546 e. The summed E-state index contributed by atoms with van der Waals surface area (Å²) in [5.41, 5.74) is 0.360. The van der Waals surface area contributed by atoms with E-state index in [-0.39, 0.29) is 0 Å². The zero-order valence-electron chi connectivity index (χ0n) is 13.8. The Balaban J connectivity index is 1.85. The summed E-state index contributed by atoms with van der Waals surface area (Å²) in [6.07, 6.45) is 5.32. The zero-order chi connectivity index (χ0) is 14.4. The summed E-state index contributed by atoms with van der Waals surface area (Å²) < 4.78 is 5.82. The van der Waals surface area contributed by atoms with Crippen LogP contribution in [0.3, 0.4) is 0 Å². The van der Waals surface area contributed by atoms with Crippen molar-refractivity contribution in [2.75, 3.05) is 45.9 Å². The second-order valence-electron chi connectivity index (χ2n) is 7.29. The maximum Gasteiger partial charge on any atom is 0.0546 e. The number of hydrogen-bond acceptors (Lipinski definition) is 3. The molecule has 0 aromatic carbocycles. The van der Waals surface area contributed by atoms with Gasteiger partial charge in [0, 0.05) is 25.1 Å². The summed E-state index contributed by atoms with van der Waals surface area (Å²) in [6, 6.07) is 0. The third-order valence-electron chi connectivity index (χ3n) is 5.29. The third kappa shape index (κ3) is 4.44. The average Bonchev–Trinajstić information content (AvgIpc) is 2.47. The van der Waals surface area contributed by atoms with E-state index in [2.05, 4.69) is 31.0 Å². The van der Waals surface area contributed by atoms with Crippen LogP contribution in [0.1, 0.15) is 46.5 Å². The highest BCUT2D eigenvalue weighted by atomic mass is 16.5. The molecule has 0 aliphatic carbocycles. The van der Waals surface area contributed by atoms with Crippen LogP contribution in [-0.2, 0) is 4.74 Å². The molecule has 0 bridgehead atoms. The number of ether oxygens (including phenoxy) is 1. The van der Waals surface area contributed by atoms with Crippen molar-refractivity contribution >= 4 is 0 Å². The Kier molecular flexibility index (Phi) is 6.31. The van der Waals surface area contributed by atoms with E-state index in [0.29, 0.717) is 5.41 Å². The van der Waals surface area contributed by atoms with Gasteiger partial charge >= 0.3 is 0 Å². The molecule has 1 N–H and O–H groups in total. The first-order chi connectivity index (χ1) is 9.65. The van der Waals surface area contributed by atoms with Crippen molar-refractivity contribution in [3.63, 3.8) is 0 Å². The van der Waals surface area contributed by atoms with Crippen molar-refractivity contribution in [2.24, 2.45) is 17.3 Å². The summed E-state index contributed by atoms with van der Waals surface area (Å²) in [7, 11) is 0. The van der Waals surface area contributed by atoms with Gasteiger partial charge in [-0.3, -0.25) is 0 Å². The second kappa shape index (κ2) is 7.77. The maximum atomic E-state index is 5.82. The standard InChI is InChI=1S/C17H34N2O/c1-4-18-12-17(8-5-11-20-14-17)13-19-9-6-16(7-10-19)15(2)3/h15-16,18H,4-14H2,1-3H3. The van der Waals surface area contributed by atoms with E-state index in [9.17, 15) is 0 Å². The van der Waals surface area contributed by atoms with E-state index in [1.165, 1.54) is 45.3 Å². The highest BCUT2D eigenvalue weighted by molar-refractivity contribution is 4.88. The predicted octanol–water partition coefficient (Wildman–Crippen LogP) is 2.76. The highest BCUT2D eigenvalue weighted by Crippen LogP contribution is 2.32. The van der Waals surface area contributed by atoms with Crippen LogP contribution >= 0.6 is 0 Å². The van der Waals surface area contributed by atoms with Crippen LogP contribution in [0.4, 0.5) is 0 Å². The molecule has 0 aromatic heterocycles. The number of rotatable bonds is 6. The van der Waals surface area contributed by atoms with Crippen molar-refractivity contribution in [1.82, 2.24) is 10.2 Å². The van der Waals surface area contributed by atoms with Crippen LogP contribution in [0, 0.1) is 17.3 Å². The van der Waals surface area contributed by atoms with Crippen LogP contribution in [0.5, 0.6) is 0 Å². The van der Waals surface area contributed by atoms with Gasteiger partial charge in [-0.25, -0.2) is 0 Å². The van der Waals surface area contributed by atoms with Crippen LogP contribution in [-0.4, -0.2) is 50.8 Å². The molecule has 0 saturated carbocycles. The van der Waals surface area contributed by atoms with E-state index in [0.717, 1.165) is 38.1 Å². The summed E-state index contributed by atoms with van der Waals surface area (Å²) in [6.45, 7) is 14.9. The lowest BCUT2D eigenvalue weighted by molar-refractivity contribution is -0.0315. The first-order valence-electron chi connectivity index (χ1n) is 8.66. The molecule has 0 amide bonds. The molecule has 2 heterocycles. The van der Waals surface area contributed by atoms with Gasteiger partial charge in [-0.05, 0) is 57.2 Å². The summed E-state index contributed by atoms with van der Waals surface area (Å²) >= 11 is 0. The van der Waals surface area contributed by atoms with Crippen molar-refractivity contribution in [3.8, 4) is 0 Å². The Morgan fingerprint density at radius 2 is 2.05 bits per heavy atom. The van der Waals surface area contributed by atoms with Crippen molar-refractivity contribution in [2.45, 2.75) is 46.5 Å². The number of nitrogens with one attached hydrogen (secondary N) is 1. The van der Waals surface area contributed by atoms with Crippen LogP contribution < -0.4 is 5.32 Å². The van der Waals surface area contributed by atoms with Gasteiger partial charge in [-0.2, -0.15) is 0 Å². The van der Waals surface area contributed by atoms with E-state index in [1.54, 1.807) is 0 Å². The lowest BCUT2D eigenvalue weighted by atomic mass is 9.80. The minimum absolute atomic E-state index is 0.360. The fourth-order valence-corrected chi connectivity index (χ4v) is 3.87. The fraction of sp³-hybridized carbons (Fsp3) is 1.00. The second-order valence-corrected chi connectivity index (χ2v) is 7.29. The molecule has 118 valence electrons. The Labute approximate surface area is 125 Å². The van der Waals surface area contributed by atoms with Gasteiger partial charge in [0.1, 0.15) is 0 Å². The lowest BCUT2D eigenvalue weighted by Gasteiger charge is -2.43. The van der Waals surface area contributed by atoms with E-state index in [4.69, 9.17) is 4.74 Å². The SMILES string of the molecule is CCNCC1(CN2CCC(C(C)C)CC2)CCCOC1. The number of likely N-dealkylation sites (tertiary alicyclic amines) is 1. The van der Waals surface area contributed by atoms with Gasteiger partial charge in [-0.15, -0.1) is 0 Å². The molecule has 1 unspecified atom stereocenters. The largest absolute Gasteiger partial charge is 0.381 e. The van der Waals surface area contributed by atoms with Crippen LogP contribution in [0.15, 0.2) is 0 Å². The molecule has 2 aliphatic rings. The molecule has 2 rings (SSSR count). The van der Waals surface area contributed by atoms with Gasteiger partial charge in [-0.1, -0.05) is 20.8 Å². The first-order valence-corrected chi connectivity index (χ1v) is 8.66. The number of nitrogens with zero attached hydrogens (tertiary/aromatic N) is 1. The van der Waals surface area contributed by atoms with Gasteiger partial charge in [0.15, 0.2) is 0 Å². The number of piperidine rings is 1. The van der Waals surface area contributed by atoms with Gasteiger partial charge < -0.3 is 15.0 Å². The Hall–Kier alpha value is -0.120. The van der Waals surface area contributed by atoms with Crippen molar-refractivity contribution in [1.29, 1.82) is 0 Å². The highest BCUT2D eigenvalue weighted by Gasteiger charge is 2.35. The molecular formula is C17H34N2O. The van der Waals surface area contributed by atoms with Crippen molar-refractivity contribution in [3.05, 3.63) is 0 Å². The third-order valence-corrected chi connectivity index (χ3v) is 5.29.